The van der Waals surface area contributed by atoms with Crippen molar-refractivity contribution in [2.75, 3.05) is 5.32 Å². The number of carbonyl (C=O) groups excluding carboxylic acids is 1. The van der Waals surface area contributed by atoms with Crippen LogP contribution in [0.1, 0.15) is 43.7 Å². The number of hydrogen-bond acceptors (Lipinski definition) is 5. The molecule has 1 aliphatic heterocycles. The van der Waals surface area contributed by atoms with Gasteiger partial charge in [0.1, 0.15) is 5.82 Å². The summed E-state index contributed by atoms with van der Waals surface area (Å²) in [5.74, 6) is -0.167. The molecule has 0 saturated carbocycles. The zero-order chi connectivity index (χ0) is 17.8. The van der Waals surface area contributed by atoms with E-state index in [4.69, 9.17) is 0 Å². The quantitative estimate of drug-likeness (QED) is 0.733. The molecule has 25 heavy (non-hydrogen) atoms. The molecule has 0 aromatic carbocycles. The Balaban J connectivity index is 2.01. The molecule has 0 spiro atoms. The van der Waals surface area contributed by atoms with Gasteiger partial charge in [-0.1, -0.05) is 19.9 Å². The maximum absolute atomic E-state index is 12.9. The van der Waals surface area contributed by atoms with Crippen molar-refractivity contribution in [3.8, 4) is 0 Å². The molecule has 4 rings (SSSR count). The summed E-state index contributed by atoms with van der Waals surface area (Å²) in [7, 11) is 0. The number of hydrogen-bond donors (Lipinski definition) is 3. The molecule has 7 nitrogen and oxygen atoms in total. The van der Waals surface area contributed by atoms with E-state index in [-0.39, 0.29) is 11.2 Å². The number of H-pyrrole nitrogens is 2. The number of fused-ring (bicyclic) bond motifs is 1. The fraction of sp³-hybridized carbons (Fsp3) is 0.333. The molecule has 0 amide bonds. The van der Waals surface area contributed by atoms with Gasteiger partial charge in [-0.15, -0.1) is 0 Å². The fourth-order valence-electron chi connectivity index (χ4n) is 3.83. The molecule has 0 fully saturated rings. The average Bonchev–Trinajstić information content (AvgIpc) is 2.52. The normalized spacial score (nSPS) is 21.4. The predicted octanol–water partition coefficient (Wildman–Crippen LogP) is 1.66. The van der Waals surface area contributed by atoms with Crippen molar-refractivity contribution in [1.29, 1.82) is 0 Å². The van der Waals surface area contributed by atoms with Crippen LogP contribution >= 0.6 is 0 Å². The van der Waals surface area contributed by atoms with E-state index in [2.05, 4.69) is 20.3 Å². The number of aromatic amines is 2. The zero-order valence-electron chi connectivity index (χ0n) is 14.0. The van der Waals surface area contributed by atoms with Crippen molar-refractivity contribution in [2.45, 2.75) is 32.6 Å². The molecule has 0 radical (unpaired) electrons. The second-order valence-corrected chi connectivity index (χ2v) is 7.37. The molecule has 7 heteroatoms. The van der Waals surface area contributed by atoms with Gasteiger partial charge in [-0.25, -0.2) is 4.79 Å². The van der Waals surface area contributed by atoms with E-state index >= 15 is 0 Å². The van der Waals surface area contributed by atoms with E-state index in [1.54, 1.807) is 18.5 Å². The molecule has 2 aromatic heterocycles. The number of carbonyl (C=O) groups is 1. The SMILES string of the molecule is CC1(C)CC(=O)C2=C(C1)Nc1[nH]c(=O)[nH]c(=O)c1[C@@H]2c1cccnc1. The lowest BCUT2D eigenvalue weighted by atomic mass is 9.69. The third-order valence-electron chi connectivity index (χ3n) is 4.77. The minimum Gasteiger partial charge on any atom is -0.344 e. The Morgan fingerprint density at radius 1 is 1.16 bits per heavy atom. The van der Waals surface area contributed by atoms with Crippen molar-refractivity contribution < 1.29 is 4.79 Å². The molecule has 3 heterocycles. The molecule has 128 valence electrons. The van der Waals surface area contributed by atoms with Gasteiger partial charge in [-0.3, -0.25) is 24.5 Å². The second-order valence-electron chi connectivity index (χ2n) is 7.37. The van der Waals surface area contributed by atoms with E-state index in [9.17, 15) is 14.4 Å². The monoisotopic (exact) mass is 338 g/mol. The lowest BCUT2D eigenvalue weighted by molar-refractivity contribution is -0.118. The highest BCUT2D eigenvalue weighted by Gasteiger charge is 2.42. The summed E-state index contributed by atoms with van der Waals surface area (Å²) in [5, 5.41) is 3.13. The second kappa shape index (κ2) is 5.27. The summed E-state index contributed by atoms with van der Waals surface area (Å²) in [6, 6.07) is 3.61. The van der Waals surface area contributed by atoms with Gasteiger partial charge in [0.15, 0.2) is 5.78 Å². The molecule has 1 aliphatic carbocycles. The number of anilines is 1. The number of allylic oxidation sites excluding steroid dienone is 2. The van der Waals surface area contributed by atoms with Gasteiger partial charge in [0.25, 0.3) is 5.56 Å². The number of nitrogens with one attached hydrogen (secondary N) is 3. The van der Waals surface area contributed by atoms with Crippen LogP contribution in [0.15, 0.2) is 45.4 Å². The highest BCUT2D eigenvalue weighted by molar-refractivity contribution is 6.01. The summed E-state index contributed by atoms with van der Waals surface area (Å²) in [5.41, 5.74) is 1.21. The largest absolute Gasteiger partial charge is 0.344 e. The number of ketones is 1. The first-order valence-corrected chi connectivity index (χ1v) is 8.15. The first-order chi connectivity index (χ1) is 11.9. The molecule has 0 bridgehead atoms. The summed E-state index contributed by atoms with van der Waals surface area (Å²) in [6.07, 6.45) is 4.38. The van der Waals surface area contributed by atoms with Crippen LogP contribution in [0.3, 0.4) is 0 Å². The maximum atomic E-state index is 12.9. The first kappa shape index (κ1) is 15.6. The van der Waals surface area contributed by atoms with Crippen molar-refractivity contribution in [2.24, 2.45) is 5.41 Å². The molecule has 3 N–H and O–H groups in total. The minimum absolute atomic E-state index is 0.0175. The van der Waals surface area contributed by atoms with Crippen molar-refractivity contribution in [1.82, 2.24) is 15.0 Å². The maximum Gasteiger partial charge on any atom is 0.327 e. The Hall–Kier alpha value is -2.96. The number of rotatable bonds is 1. The number of aromatic nitrogens is 3. The average molecular weight is 338 g/mol. The van der Waals surface area contributed by atoms with E-state index in [1.165, 1.54) is 0 Å². The minimum atomic E-state index is -0.577. The summed E-state index contributed by atoms with van der Waals surface area (Å²) >= 11 is 0. The van der Waals surface area contributed by atoms with Gasteiger partial charge in [0.2, 0.25) is 0 Å². The van der Waals surface area contributed by atoms with Crippen LogP contribution in [0.2, 0.25) is 0 Å². The van der Waals surface area contributed by atoms with Crippen LogP contribution in [-0.2, 0) is 4.79 Å². The molecule has 2 aliphatic rings. The zero-order valence-corrected chi connectivity index (χ0v) is 14.0. The highest BCUT2D eigenvalue weighted by Crippen LogP contribution is 2.46. The highest BCUT2D eigenvalue weighted by atomic mass is 16.2. The Morgan fingerprint density at radius 3 is 2.68 bits per heavy atom. The standard InChI is InChI=1S/C18H18N4O3/c1-18(2)6-10-13(11(23)7-18)12(9-4-3-5-19-8-9)14-15(20-10)21-17(25)22-16(14)24/h3-5,8,12H,6-7H2,1-2H3,(H3,20,21,22,24,25)/t12-/m1/s1. The number of pyridine rings is 1. The Labute approximate surface area is 143 Å². The van der Waals surface area contributed by atoms with E-state index in [0.717, 1.165) is 11.3 Å². The third-order valence-corrected chi connectivity index (χ3v) is 4.77. The lowest BCUT2D eigenvalue weighted by Gasteiger charge is -2.38. The van der Waals surface area contributed by atoms with Gasteiger partial charge in [0, 0.05) is 36.0 Å². The van der Waals surface area contributed by atoms with Crippen LogP contribution in [0.5, 0.6) is 0 Å². The number of nitrogens with zero attached hydrogens (tertiary/aromatic N) is 1. The fourth-order valence-corrected chi connectivity index (χ4v) is 3.83. The van der Waals surface area contributed by atoms with Crippen LogP contribution in [0, 0.1) is 5.41 Å². The van der Waals surface area contributed by atoms with E-state index in [1.807, 2.05) is 19.9 Å². The van der Waals surface area contributed by atoms with Crippen LogP contribution in [-0.4, -0.2) is 20.7 Å². The first-order valence-electron chi connectivity index (χ1n) is 8.15. The predicted molar refractivity (Wildman–Crippen MR) is 92.4 cm³/mol. The van der Waals surface area contributed by atoms with E-state index < -0.39 is 17.2 Å². The van der Waals surface area contributed by atoms with Crippen LogP contribution < -0.4 is 16.6 Å². The summed E-state index contributed by atoms with van der Waals surface area (Å²) in [6.45, 7) is 4.07. The van der Waals surface area contributed by atoms with Gasteiger partial charge < -0.3 is 5.32 Å². The molecular weight excluding hydrogens is 320 g/mol. The molecule has 0 unspecified atom stereocenters. The van der Waals surface area contributed by atoms with E-state index in [0.29, 0.717) is 29.8 Å². The van der Waals surface area contributed by atoms with Gasteiger partial charge in [0.05, 0.1) is 5.56 Å². The Kier molecular flexibility index (Phi) is 3.28. The van der Waals surface area contributed by atoms with Crippen molar-refractivity contribution in [3.63, 3.8) is 0 Å². The van der Waals surface area contributed by atoms with Crippen LogP contribution in [0.4, 0.5) is 5.82 Å². The Bertz CT molecular complexity index is 1010. The van der Waals surface area contributed by atoms with Gasteiger partial charge in [-0.2, -0.15) is 0 Å². The smallest absolute Gasteiger partial charge is 0.327 e. The lowest BCUT2D eigenvalue weighted by Crippen LogP contribution is -2.38. The topological polar surface area (TPSA) is 108 Å². The summed E-state index contributed by atoms with van der Waals surface area (Å²) in [4.78, 5) is 46.2. The Morgan fingerprint density at radius 2 is 1.96 bits per heavy atom. The van der Waals surface area contributed by atoms with Crippen molar-refractivity contribution in [3.05, 3.63) is 67.8 Å². The summed E-state index contributed by atoms with van der Waals surface area (Å²) < 4.78 is 0. The van der Waals surface area contributed by atoms with Gasteiger partial charge >= 0.3 is 5.69 Å². The molecule has 2 aromatic rings. The molecular formula is C18H18N4O3. The molecule has 1 atom stereocenters. The van der Waals surface area contributed by atoms with Gasteiger partial charge in [-0.05, 0) is 23.5 Å². The number of Topliss-reactive ketones (excluding diaryl/α,β-unsaturated/α-hetero) is 1. The molecule has 0 saturated heterocycles. The third kappa shape index (κ3) is 2.52. The van der Waals surface area contributed by atoms with Crippen LogP contribution in [0.25, 0.3) is 0 Å². The van der Waals surface area contributed by atoms with Crippen molar-refractivity contribution >= 4 is 11.6 Å².